The molecule has 0 saturated heterocycles. The van der Waals surface area contributed by atoms with E-state index in [0.717, 1.165) is 5.56 Å². The summed E-state index contributed by atoms with van der Waals surface area (Å²) in [5.41, 5.74) is 1.33. The van der Waals surface area contributed by atoms with Gasteiger partial charge in [0, 0.05) is 6.20 Å². The average molecular weight is 245 g/mol. The van der Waals surface area contributed by atoms with Crippen LogP contribution in [0.3, 0.4) is 0 Å². The molecule has 6 heteroatoms. The van der Waals surface area contributed by atoms with Crippen LogP contribution in [0.25, 0.3) is 0 Å². The van der Waals surface area contributed by atoms with Gasteiger partial charge >= 0.3 is 13.3 Å². The van der Waals surface area contributed by atoms with Crippen LogP contribution >= 0.6 is 0 Å². The Bertz CT molecular complexity index is 526. The largest absolute Gasteiger partial charge is 0.581 e. The van der Waals surface area contributed by atoms with Crippen molar-refractivity contribution < 1.29 is 19.2 Å². The summed E-state index contributed by atoms with van der Waals surface area (Å²) in [4.78, 5) is 14.2. The van der Waals surface area contributed by atoms with Gasteiger partial charge in [-0.25, -0.2) is 4.79 Å². The topological polar surface area (TPSA) is 71.5 Å². The summed E-state index contributed by atoms with van der Waals surface area (Å²) in [6.07, 6.45) is 0.741. The van der Waals surface area contributed by atoms with Crippen LogP contribution in [0.1, 0.15) is 5.56 Å². The van der Waals surface area contributed by atoms with Crippen LogP contribution in [-0.2, 0) is 4.65 Å². The minimum absolute atomic E-state index is 0.359. The van der Waals surface area contributed by atoms with Gasteiger partial charge in [0.05, 0.1) is 5.59 Å². The van der Waals surface area contributed by atoms with Crippen LogP contribution in [0.4, 0.5) is 4.79 Å². The molecule has 18 heavy (non-hydrogen) atoms. The van der Waals surface area contributed by atoms with Gasteiger partial charge in [0.15, 0.2) is 0 Å². The van der Waals surface area contributed by atoms with Gasteiger partial charge < -0.3 is 19.4 Å². The fourth-order valence-corrected chi connectivity index (χ4v) is 1.43. The van der Waals surface area contributed by atoms with Gasteiger partial charge in [-0.2, -0.15) is 0 Å². The normalized spacial score (nSPS) is 9.89. The summed E-state index contributed by atoms with van der Waals surface area (Å²) < 4.78 is 9.60. The molecule has 0 radical (unpaired) electrons. The molecule has 0 aliphatic rings. The van der Waals surface area contributed by atoms with E-state index in [1.165, 1.54) is 0 Å². The minimum atomic E-state index is -1.37. The molecule has 1 aromatic carbocycles. The fourth-order valence-electron chi connectivity index (χ4n) is 1.43. The second kappa shape index (κ2) is 5.42. The van der Waals surface area contributed by atoms with Crippen molar-refractivity contribution in [3.63, 3.8) is 0 Å². The lowest BCUT2D eigenvalue weighted by molar-refractivity contribution is 0.145. The van der Waals surface area contributed by atoms with Gasteiger partial charge in [-0.3, -0.25) is 0 Å². The maximum Gasteiger partial charge on any atom is 0.581 e. The number of nitrogens with one attached hydrogen (secondary N) is 1. The Kier molecular flexibility index (Phi) is 3.69. The number of aryl methyl sites for hydroxylation is 1. The van der Waals surface area contributed by atoms with Gasteiger partial charge in [0.1, 0.15) is 5.75 Å². The molecule has 0 amide bonds. The Morgan fingerprint density at radius 1 is 1.33 bits per heavy atom. The van der Waals surface area contributed by atoms with E-state index in [2.05, 4.69) is 4.98 Å². The van der Waals surface area contributed by atoms with Crippen molar-refractivity contribution in [3.8, 4) is 5.75 Å². The second-order valence-electron chi connectivity index (χ2n) is 3.77. The summed E-state index contributed by atoms with van der Waals surface area (Å²) in [6, 6.07) is 10.2. The van der Waals surface area contributed by atoms with E-state index >= 15 is 0 Å². The molecular formula is C12H12BNO4. The standard InChI is InChI=1S/C12H12BNO4/c1-9-7-11(14-8-9)13(16)18-12(15)17-10-5-3-2-4-6-10/h2-8,14,16H,1H3. The number of hydrogen-bond acceptors (Lipinski definition) is 4. The Hall–Kier alpha value is -2.21. The Balaban J connectivity index is 1.92. The van der Waals surface area contributed by atoms with E-state index in [4.69, 9.17) is 9.39 Å². The number of aromatic amines is 1. The molecular weight excluding hydrogens is 233 g/mol. The summed E-state index contributed by atoms with van der Waals surface area (Å²) in [6.45, 7) is 1.86. The van der Waals surface area contributed by atoms with Gasteiger partial charge in [-0.15, -0.1) is 0 Å². The predicted octanol–water partition coefficient (Wildman–Crippen LogP) is 1.23. The van der Waals surface area contributed by atoms with Crippen molar-refractivity contribution in [2.45, 2.75) is 6.92 Å². The van der Waals surface area contributed by atoms with E-state index in [-0.39, 0.29) is 0 Å². The fraction of sp³-hybridized carbons (Fsp3) is 0.0833. The van der Waals surface area contributed by atoms with E-state index in [0.29, 0.717) is 11.3 Å². The zero-order valence-electron chi connectivity index (χ0n) is 9.79. The highest BCUT2D eigenvalue weighted by atomic mass is 16.7. The van der Waals surface area contributed by atoms with Crippen LogP contribution < -0.4 is 10.3 Å². The van der Waals surface area contributed by atoms with Crippen molar-refractivity contribution in [2.24, 2.45) is 0 Å². The minimum Gasteiger partial charge on any atom is -0.472 e. The van der Waals surface area contributed by atoms with Crippen LogP contribution in [0, 0.1) is 6.92 Å². The number of carbonyl (C=O) groups excluding carboxylic acids is 1. The smallest absolute Gasteiger partial charge is 0.472 e. The highest BCUT2D eigenvalue weighted by molar-refractivity contribution is 6.60. The number of benzene rings is 1. The van der Waals surface area contributed by atoms with Gasteiger partial charge in [-0.1, -0.05) is 18.2 Å². The third kappa shape index (κ3) is 3.15. The molecule has 1 aromatic heterocycles. The first kappa shape index (κ1) is 12.3. The average Bonchev–Trinajstić information content (AvgIpc) is 2.77. The molecule has 0 saturated carbocycles. The predicted molar refractivity (Wildman–Crippen MR) is 66.7 cm³/mol. The molecule has 0 atom stereocenters. The lowest BCUT2D eigenvalue weighted by Crippen LogP contribution is -2.37. The molecule has 0 unspecified atom stereocenters. The molecule has 2 aromatic rings. The first-order valence-electron chi connectivity index (χ1n) is 5.41. The zero-order valence-corrected chi connectivity index (χ0v) is 9.79. The molecule has 92 valence electrons. The summed E-state index contributed by atoms with van der Waals surface area (Å²) in [5.74, 6) is 0.359. The first-order chi connectivity index (χ1) is 8.65. The van der Waals surface area contributed by atoms with Crippen molar-refractivity contribution in [1.29, 1.82) is 0 Å². The van der Waals surface area contributed by atoms with Crippen molar-refractivity contribution in [3.05, 3.63) is 48.2 Å². The van der Waals surface area contributed by atoms with Crippen LogP contribution in [-0.4, -0.2) is 23.3 Å². The lowest BCUT2D eigenvalue weighted by atomic mass is 9.85. The number of hydrogen-bond donors (Lipinski definition) is 2. The second-order valence-corrected chi connectivity index (χ2v) is 3.77. The quantitative estimate of drug-likeness (QED) is 0.484. The zero-order chi connectivity index (χ0) is 13.0. The molecule has 0 aliphatic carbocycles. The first-order valence-corrected chi connectivity index (χ1v) is 5.41. The molecule has 0 spiro atoms. The Morgan fingerprint density at radius 3 is 2.67 bits per heavy atom. The molecule has 2 N–H and O–H groups in total. The van der Waals surface area contributed by atoms with Gasteiger partial charge in [-0.05, 0) is 30.7 Å². The number of aromatic nitrogens is 1. The molecule has 0 bridgehead atoms. The maximum atomic E-state index is 11.4. The highest BCUT2D eigenvalue weighted by Crippen LogP contribution is 2.09. The molecule has 1 heterocycles. The van der Waals surface area contributed by atoms with Gasteiger partial charge in [0.25, 0.3) is 0 Å². The summed E-state index contributed by atoms with van der Waals surface area (Å²) in [7, 11) is -1.37. The number of ether oxygens (including phenoxy) is 1. The van der Waals surface area contributed by atoms with Crippen LogP contribution in [0.2, 0.25) is 0 Å². The van der Waals surface area contributed by atoms with E-state index in [9.17, 15) is 9.82 Å². The van der Waals surface area contributed by atoms with Crippen LogP contribution in [0.5, 0.6) is 5.75 Å². The number of carbonyl (C=O) groups is 1. The van der Waals surface area contributed by atoms with Crippen molar-refractivity contribution >= 4 is 18.9 Å². The summed E-state index contributed by atoms with van der Waals surface area (Å²) in [5, 5.41) is 9.63. The number of para-hydroxylation sites is 1. The monoisotopic (exact) mass is 245 g/mol. The van der Waals surface area contributed by atoms with Gasteiger partial charge in [0.2, 0.25) is 0 Å². The van der Waals surface area contributed by atoms with Crippen molar-refractivity contribution in [1.82, 2.24) is 4.98 Å². The Morgan fingerprint density at radius 2 is 2.06 bits per heavy atom. The third-order valence-electron chi connectivity index (χ3n) is 2.27. The van der Waals surface area contributed by atoms with E-state index in [1.807, 2.05) is 6.92 Å². The lowest BCUT2D eigenvalue weighted by Gasteiger charge is -2.07. The number of H-pyrrole nitrogens is 1. The molecule has 5 nitrogen and oxygen atoms in total. The highest BCUT2D eigenvalue weighted by Gasteiger charge is 2.24. The third-order valence-corrected chi connectivity index (χ3v) is 2.27. The van der Waals surface area contributed by atoms with E-state index in [1.54, 1.807) is 42.6 Å². The molecule has 2 rings (SSSR count). The Labute approximate surface area is 105 Å². The van der Waals surface area contributed by atoms with Crippen LogP contribution in [0.15, 0.2) is 42.6 Å². The SMILES string of the molecule is Cc1c[nH]c(B(O)OC(=O)Oc2ccccc2)c1. The van der Waals surface area contributed by atoms with E-state index < -0.39 is 13.3 Å². The molecule has 0 aliphatic heterocycles. The number of rotatable bonds is 3. The van der Waals surface area contributed by atoms with Crippen molar-refractivity contribution in [2.75, 3.05) is 0 Å². The summed E-state index contributed by atoms with van der Waals surface area (Å²) >= 11 is 0. The molecule has 0 fully saturated rings. The maximum absolute atomic E-state index is 11.4.